The zero-order chi connectivity index (χ0) is 12.2. The summed E-state index contributed by atoms with van der Waals surface area (Å²) in [5, 5.41) is 5.57. The fourth-order valence-corrected chi connectivity index (χ4v) is 0.917. The Hall–Kier alpha value is -1.27. The molecule has 0 saturated carbocycles. The van der Waals surface area contributed by atoms with Crippen molar-refractivity contribution < 1.29 is 4.79 Å². The molecule has 0 atom stereocenters. The molecule has 6 nitrogen and oxygen atoms in total. The van der Waals surface area contributed by atoms with Gasteiger partial charge in [-0.3, -0.25) is 15.1 Å². The van der Waals surface area contributed by atoms with E-state index in [0.29, 0.717) is 6.67 Å². The number of hydrogen-bond donors (Lipinski definition) is 2. The zero-order valence-corrected chi connectivity index (χ0v) is 10.2. The molecule has 0 aliphatic rings. The summed E-state index contributed by atoms with van der Waals surface area (Å²) in [4.78, 5) is 20.5. The minimum absolute atomic E-state index is 0.231. The van der Waals surface area contributed by atoms with Crippen molar-refractivity contribution in [2.45, 2.75) is 6.42 Å². The smallest absolute Gasteiger partial charge is 0.262 e. The van der Waals surface area contributed by atoms with Crippen molar-refractivity contribution in [3.63, 3.8) is 0 Å². The maximum Gasteiger partial charge on any atom is 0.262 e. The fourth-order valence-electron chi connectivity index (χ4n) is 0.917. The number of nitrogens with zero attached hydrogens (tertiary/aromatic N) is 3. The number of rotatable bonds is 8. The first-order valence-electron chi connectivity index (χ1n) is 5.25. The van der Waals surface area contributed by atoms with Crippen molar-refractivity contribution in [3.05, 3.63) is 0 Å². The molecule has 0 spiro atoms. The number of aliphatic imine (C=N–C) groups is 2. The van der Waals surface area contributed by atoms with Gasteiger partial charge in [0.15, 0.2) is 0 Å². The number of hydrogen-bond acceptors (Lipinski definition) is 4. The van der Waals surface area contributed by atoms with Crippen LogP contribution in [0.5, 0.6) is 0 Å². The van der Waals surface area contributed by atoms with Crippen molar-refractivity contribution in [1.29, 1.82) is 0 Å². The third-order valence-electron chi connectivity index (χ3n) is 1.75. The number of nitrogens with one attached hydrogen (secondary N) is 2. The van der Waals surface area contributed by atoms with Crippen LogP contribution >= 0.6 is 0 Å². The molecule has 0 saturated heterocycles. The highest BCUT2D eigenvalue weighted by atomic mass is 16.1. The van der Waals surface area contributed by atoms with Crippen LogP contribution in [0.2, 0.25) is 0 Å². The van der Waals surface area contributed by atoms with E-state index in [1.807, 2.05) is 14.1 Å². The van der Waals surface area contributed by atoms with Gasteiger partial charge < -0.3 is 10.2 Å². The quantitative estimate of drug-likeness (QED) is 0.328. The van der Waals surface area contributed by atoms with Crippen LogP contribution in [0.3, 0.4) is 0 Å². The van der Waals surface area contributed by atoms with E-state index in [1.165, 1.54) is 12.6 Å². The van der Waals surface area contributed by atoms with Gasteiger partial charge in [0.25, 0.3) is 5.91 Å². The van der Waals surface area contributed by atoms with Crippen molar-refractivity contribution in [2.24, 2.45) is 9.98 Å². The molecule has 0 aromatic heterocycles. The van der Waals surface area contributed by atoms with Gasteiger partial charge in [0.2, 0.25) is 0 Å². The first-order valence-corrected chi connectivity index (χ1v) is 5.25. The third kappa shape index (κ3) is 10.8. The first-order chi connectivity index (χ1) is 7.66. The molecule has 6 heteroatoms. The van der Waals surface area contributed by atoms with Crippen molar-refractivity contribution in [1.82, 2.24) is 15.5 Å². The van der Waals surface area contributed by atoms with Gasteiger partial charge in [0, 0.05) is 7.05 Å². The lowest BCUT2D eigenvalue weighted by atomic mass is 10.4. The lowest BCUT2D eigenvalue weighted by molar-refractivity contribution is -0.113. The fraction of sp³-hybridized carbons (Fsp3) is 0.700. The minimum atomic E-state index is -0.231. The molecule has 0 aromatic rings. The highest BCUT2D eigenvalue weighted by Gasteiger charge is 1.89. The van der Waals surface area contributed by atoms with Gasteiger partial charge in [-0.25, -0.2) is 4.99 Å². The molecular weight excluding hydrogens is 206 g/mol. The molecule has 2 N–H and O–H groups in total. The number of carbonyl (C=O) groups is 1. The molecule has 0 bridgehead atoms. The predicted octanol–water partition coefficient (Wildman–Crippen LogP) is -0.670. The van der Waals surface area contributed by atoms with Crippen LogP contribution in [0.4, 0.5) is 0 Å². The molecule has 0 fully saturated rings. The normalized spacial score (nSPS) is 11.8. The number of amides is 1. The Morgan fingerprint density at radius 3 is 2.81 bits per heavy atom. The Morgan fingerprint density at radius 2 is 2.19 bits per heavy atom. The van der Waals surface area contributed by atoms with Gasteiger partial charge in [-0.2, -0.15) is 0 Å². The van der Waals surface area contributed by atoms with E-state index in [4.69, 9.17) is 0 Å². The summed E-state index contributed by atoms with van der Waals surface area (Å²) in [6.07, 6.45) is 3.65. The average molecular weight is 227 g/mol. The topological polar surface area (TPSA) is 69.1 Å². The molecule has 0 heterocycles. The van der Waals surface area contributed by atoms with E-state index in [1.54, 1.807) is 7.05 Å². The van der Waals surface area contributed by atoms with E-state index >= 15 is 0 Å². The van der Waals surface area contributed by atoms with Gasteiger partial charge >= 0.3 is 0 Å². The standard InChI is InChI=1S/C10H21N5O/c1-11-10(16)7-13-9-14-8-12-5-4-6-15(2)3/h7,9,12H,4-6,8H2,1-3H3,(H,11,16). The molecule has 0 aliphatic heterocycles. The number of carbonyl (C=O) groups excluding carboxylic acids is 1. The molecule has 0 aliphatic carbocycles. The first kappa shape index (κ1) is 14.7. The summed E-state index contributed by atoms with van der Waals surface area (Å²) in [5.74, 6) is -0.231. The van der Waals surface area contributed by atoms with E-state index in [-0.39, 0.29) is 5.91 Å². The Bertz CT molecular complexity index is 237. The van der Waals surface area contributed by atoms with Crippen molar-refractivity contribution in [3.8, 4) is 0 Å². The van der Waals surface area contributed by atoms with E-state index in [2.05, 4.69) is 25.5 Å². The lowest BCUT2D eigenvalue weighted by Gasteiger charge is -2.08. The Labute approximate surface area is 96.8 Å². The van der Waals surface area contributed by atoms with E-state index < -0.39 is 0 Å². The van der Waals surface area contributed by atoms with Gasteiger partial charge in [0.05, 0.1) is 12.9 Å². The molecule has 1 amide bonds. The summed E-state index contributed by atoms with van der Waals surface area (Å²) < 4.78 is 0. The van der Waals surface area contributed by atoms with Gasteiger partial charge in [-0.15, -0.1) is 0 Å². The largest absolute Gasteiger partial charge is 0.354 e. The van der Waals surface area contributed by atoms with Crippen LogP contribution < -0.4 is 10.6 Å². The molecule has 16 heavy (non-hydrogen) atoms. The lowest BCUT2D eigenvalue weighted by Crippen LogP contribution is -2.21. The second-order valence-corrected chi connectivity index (χ2v) is 3.51. The van der Waals surface area contributed by atoms with Crippen molar-refractivity contribution >= 4 is 18.5 Å². The third-order valence-corrected chi connectivity index (χ3v) is 1.75. The minimum Gasteiger partial charge on any atom is -0.354 e. The van der Waals surface area contributed by atoms with Crippen molar-refractivity contribution in [2.75, 3.05) is 40.9 Å². The predicted molar refractivity (Wildman–Crippen MR) is 67.1 cm³/mol. The van der Waals surface area contributed by atoms with Gasteiger partial charge in [-0.1, -0.05) is 0 Å². The summed E-state index contributed by atoms with van der Waals surface area (Å²) in [5.41, 5.74) is 0. The van der Waals surface area contributed by atoms with E-state index in [0.717, 1.165) is 19.5 Å². The maximum absolute atomic E-state index is 10.7. The van der Waals surface area contributed by atoms with Crippen LogP contribution in [-0.2, 0) is 4.79 Å². The van der Waals surface area contributed by atoms with Gasteiger partial charge in [0.1, 0.15) is 6.34 Å². The molecule has 0 radical (unpaired) electrons. The van der Waals surface area contributed by atoms with Crippen LogP contribution in [0.1, 0.15) is 6.42 Å². The summed E-state index contributed by atoms with van der Waals surface area (Å²) in [7, 11) is 5.65. The SMILES string of the molecule is CNC(=O)C=NC=NCNCCCN(C)C. The van der Waals surface area contributed by atoms with Crippen LogP contribution in [0.15, 0.2) is 9.98 Å². The highest BCUT2D eigenvalue weighted by molar-refractivity contribution is 6.27. The second-order valence-electron chi connectivity index (χ2n) is 3.51. The monoisotopic (exact) mass is 227 g/mol. The Kier molecular flexibility index (Phi) is 9.44. The Morgan fingerprint density at radius 1 is 1.44 bits per heavy atom. The molecule has 0 aromatic carbocycles. The van der Waals surface area contributed by atoms with Gasteiger partial charge in [-0.05, 0) is 33.6 Å². The van der Waals surface area contributed by atoms with Crippen LogP contribution in [0.25, 0.3) is 0 Å². The highest BCUT2D eigenvalue weighted by Crippen LogP contribution is 1.80. The molecular formula is C10H21N5O. The molecule has 0 unspecified atom stereocenters. The van der Waals surface area contributed by atoms with E-state index in [9.17, 15) is 4.79 Å². The average Bonchev–Trinajstić information content (AvgIpc) is 2.26. The van der Waals surface area contributed by atoms with Crippen LogP contribution in [0, 0.1) is 0 Å². The maximum atomic E-state index is 10.7. The molecule has 92 valence electrons. The summed E-state index contributed by atoms with van der Waals surface area (Å²) in [6.45, 7) is 2.51. The summed E-state index contributed by atoms with van der Waals surface area (Å²) in [6, 6.07) is 0. The zero-order valence-electron chi connectivity index (χ0n) is 10.2. The van der Waals surface area contributed by atoms with Crippen LogP contribution in [-0.4, -0.2) is 64.3 Å². The Balaban J connectivity index is 3.34. The molecule has 0 rings (SSSR count). The second kappa shape index (κ2) is 10.3. The summed E-state index contributed by atoms with van der Waals surface area (Å²) >= 11 is 0.